The van der Waals surface area contributed by atoms with Gasteiger partial charge in [0, 0.05) is 5.69 Å². The molecule has 15 heavy (non-hydrogen) atoms. The fraction of sp³-hybridized carbons (Fsp3) is 0.250. The van der Waals surface area contributed by atoms with Gasteiger partial charge in [-0.25, -0.2) is 9.07 Å². The molecule has 0 unspecified atom stereocenters. The monoisotopic (exact) mass is 204 g/mol. The van der Waals surface area contributed by atoms with Crippen molar-refractivity contribution in [2.45, 2.75) is 20.8 Å². The molecule has 0 amide bonds. The molecular weight excluding hydrogens is 191 g/mol. The molecule has 1 heterocycles. The lowest BCUT2D eigenvalue weighted by molar-refractivity contribution is 0.625. The lowest BCUT2D eigenvalue weighted by Crippen LogP contribution is -2.01. The Morgan fingerprint density at radius 2 is 1.87 bits per heavy atom. The third-order valence-corrected chi connectivity index (χ3v) is 2.40. The second kappa shape index (κ2) is 3.50. The molecule has 0 fully saturated rings. The van der Waals surface area contributed by atoms with Gasteiger partial charge in [-0.15, -0.1) is 0 Å². The number of hydrogen-bond acceptors (Lipinski definition) is 1. The summed E-state index contributed by atoms with van der Waals surface area (Å²) in [6.45, 7) is 5.82. The zero-order valence-corrected chi connectivity index (χ0v) is 9.08. The highest BCUT2D eigenvalue weighted by Gasteiger charge is 2.06. The Kier molecular flexibility index (Phi) is 2.31. The van der Waals surface area contributed by atoms with Crippen LogP contribution in [-0.4, -0.2) is 9.78 Å². The van der Waals surface area contributed by atoms with E-state index in [9.17, 15) is 4.39 Å². The Bertz CT molecular complexity index is 500. The molecule has 0 aliphatic carbocycles. The van der Waals surface area contributed by atoms with Crippen LogP contribution < -0.4 is 0 Å². The van der Waals surface area contributed by atoms with Crippen LogP contribution in [0, 0.1) is 26.6 Å². The topological polar surface area (TPSA) is 17.8 Å². The largest absolute Gasteiger partial charge is 0.238 e. The van der Waals surface area contributed by atoms with E-state index in [-0.39, 0.29) is 5.82 Å². The van der Waals surface area contributed by atoms with Gasteiger partial charge in [-0.1, -0.05) is 0 Å². The molecule has 78 valence electrons. The second-order valence-corrected chi connectivity index (χ2v) is 3.77. The highest BCUT2D eigenvalue weighted by molar-refractivity contribution is 5.41. The molecule has 3 heteroatoms. The number of rotatable bonds is 1. The SMILES string of the molecule is Cc1cc(C)n(-c2ccc(F)cc2C)n1. The molecule has 0 saturated heterocycles. The fourth-order valence-electron chi connectivity index (χ4n) is 1.73. The van der Waals surface area contributed by atoms with E-state index in [4.69, 9.17) is 0 Å². The van der Waals surface area contributed by atoms with Crippen LogP contribution in [0.3, 0.4) is 0 Å². The fourth-order valence-corrected chi connectivity index (χ4v) is 1.73. The number of aryl methyl sites for hydroxylation is 3. The smallest absolute Gasteiger partial charge is 0.123 e. The van der Waals surface area contributed by atoms with Gasteiger partial charge in [-0.2, -0.15) is 5.10 Å². The molecule has 0 aliphatic heterocycles. The summed E-state index contributed by atoms with van der Waals surface area (Å²) >= 11 is 0. The van der Waals surface area contributed by atoms with Gasteiger partial charge in [0.25, 0.3) is 0 Å². The summed E-state index contributed by atoms with van der Waals surface area (Å²) in [4.78, 5) is 0. The molecule has 0 bridgehead atoms. The van der Waals surface area contributed by atoms with E-state index < -0.39 is 0 Å². The predicted octanol–water partition coefficient (Wildman–Crippen LogP) is 2.94. The van der Waals surface area contributed by atoms with Crippen LogP contribution in [0.1, 0.15) is 17.0 Å². The number of hydrogen-bond donors (Lipinski definition) is 0. The number of aromatic nitrogens is 2. The van der Waals surface area contributed by atoms with Crippen LogP contribution in [0.15, 0.2) is 24.3 Å². The maximum absolute atomic E-state index is 12.9. The van der Waals surface area contributed by atoms with Gasteiger partial charge in [0.05, 0.1) is 11.4 Å². The first-order valence-corrected chi connectivity index (χ1v) is 4.88. The second-order valence-electron chi connectivity index (χ2n) is 3.77. The molecule has 0 aliphatic rings. The molecule has 0 radical (unpaired) electrons. The van der Waals surface area contributed by atoms with Crippen LogP contribution >= 0.6 is 0 Å². The summed E-state index contributed by atoms with van der Waals surface area (Å²) in [5.41, 5.74) is 3.85. The summed E-state index contributed by atoms with van der Waals surface area (Å²) in [6.07, 6.45) is 0. The average Bonchev–Trinajstić information content (AvgIpc) is 2.45. The third-order valence-electron chi connectivity index (χ3n) is 2.40. The minimum atomic E-state index is -0.210. The molecule has 1 aromatic heterocycles. The normalized spacial score (nSPS) is 10.7. The number of nitrogens with zero attached hydrogens (tertiary/aromatic N) is 2. The van der Waals surface area contributed by atoms with E-state index in [2.05, 4.69) is 5.10 Å². The van der Waals surface area contributed by atoms with Crippen molar-refractivity contribution in [3.63, 3.8) is 0 Å². The maximum atomic E-state index is 12.9. The molecule has 2 aromatic rings. The van der Waals surface area contributed by atoms with E-state index >= 15 is 0 Å². The van der Waals surface area contributed by atoms with Gasteiger partial charge >= 0.3 is 0 Å². The zero-order valence-electron chi connectivity index (χ0n) is 9.08. The molecule has 0 spiro atoms. The maximum Gasteiger partial charge on any atom is 0.123 e. The zero-order chi connectivity index (χ0) is 11.0. The molecular formula is C12H13FN2. The van der Waals surface area contributed by atoms with Gasteiger partial charge in [0.2, 0.25) is 0 Å². The van der Waals surface area contributed by atoms with E-state index in [0.717, 1.165) is 22.6 Å². The Labute approximate surface area is 88.4 Å². The average molecular weight is 204 g/mol. The van der Waals surface area contributed by atoms with E-state index in [1.165, 1.54) is 12.1 Å². The van der Waals surface area contributed by atoms with E-state index in [1.54, 1.807) is 6.07 Å². The van der Waals surface area contributed by atoms with Crippen molar-refractivity contribution >= 4 is 0 Å². The summed E-state index contributed by atoms with van der Waals surface area (Å²) in [5.74, 6) is -0.210. The highest BCUT2D eigenvalue weighted by Crippen LogP contribution is 2.17. The molecule has 0 saturated carbocycles. The lowest BCUT2D eigenvalue weighted by Gasteiger charge is -2.07. The van der Waals surface area contributed by atoms with E-state index in [1.807, 2.05) is 31.5 Å². The molecule has 0 N–H and O–H groups in total. The van der Waals surface area contributed by atoms with Gasteiger partial charge in [-0.3, -0.25) is 0 Å². The first kappa shape index (κ1) is 9.90. The minimum absolute atomic E-state index is 0.210. The Balaban J connectivity index is 2.59. The van der Waals surface area contributed by atoms with Crippen molar-refractivity contribution < 1.29 is 4.39 Å². The van der Waals surface area contributed by atoms with Crippen molar-refractivity contribution in [1.82, 2.24) is 9.78 Å². The summed E-state index contributed by atoms with van der Waals surface area (Å²) in [5, 5.41) is 4.37. The Morgan fingerprint density at radius 3 is 2.40 bits per heavy atom. The van der Waals surface area contributed by atoms with Crippen LogP contribution in [0.5, 0.6) is 0 Å². The minimum Gasteiger partial charge on any atom is -0.238 e. The van der Waals surface area contributed by atoms with Gasteiger partial charge in [-0.05, 0) is 50.6 Å². The van der Waals surface area contributed by atoms with Crippen LogP contribution in [0.25, 0.3) is 5.69 Å². The first-order chi connectivity index (χ1) is 7.08. The number of halogens is 1. The van der Waals surface area contributed by atoms with Crippen molar-refractivity contribution in [1.29, 1.82) is 0 Å². The predicted molar refractivity (Wildman–Crippen MR) is 57.7 cm³/mol. The molecule has 2 rings (SSSR count). The summed E-state index contributed by atoms with van der Waals surface area (Å²) < 4.78 is 14.8. The van der Waals surface area contributed by atoms with Crippen LogP contribution in [0.2, 0.25) is 0 Å². The Hall–Kier alpha value is -1.64. The van der Waals surface area contributed by atoms with Gasteiger partial charge in [0.15, 0.2) is 0 Å². The van der Waals surface area contributed by atoms with Gasteiger partial charge < -0.3 is 0 Å². The molecule has 1 aromatic carbocycles. The quantitative estimate of drug-likeness (QED) is 0.698. The number of benzene rings is 1. The molecule has 2 nitrogen and oxygen atoms in total. The van der Waals surface area contributed by atoms with Crippen LogP contribution in [0.4, 0.5) is 4.39 Å². The Morgan fingerprint density at radius 1 is 1.13 bits per heavy atom. The van der Waals surface area contributed by atoms with Crippen molar-refractivity contribution in [3.8, 4) is 5.69 Å². The van der Waals surface area contributed by atoms with Crippen molar-refractivity contribution in [2.24, 2.45) is 0 Å². The van der Waals surface area contributed by atoms with Gasteiger partial charge in [0.1, 0.15) is 5.82 Å². The molecule has 0 atom stereocenters. The summed E-state index contributed by atoms with van der Waals surface area (Å²) in [7, 11) is 0. The first-order valence-electron chi connectivity index (χ1n) is 4.88. The van der Waals surface area contributed by atoms with Crippen molar-refractivity contribution in [3.05, 3.63) is 47.0 Å². The standard InChI is InChI=1S/C12H13FN2/c1-8-6-11(13)4-5-12(8)15-10(3)7-9(2)14-15/h4-7H,1-3H3. The van der Waals surface area contributed by atoms with Crippen molar-refractivity contribution in [2.75, 3.05) is 0 Å². The lowest BCUT2D eigenvalue weighted by atomic mass is 10.2. The third kappa shape index (κ3) is 1.77. The summed E-state index contributed by atoms with van der Waals surface area (Å²) in [6, 6.07) is 6.73. The van der Waals surface area contributed by atoms with E-state index in [0.29, 0.717) is 0 Å². The van der Waals surface area contributed by atoms with Crippen LogP contribution in [-0.2, 0) is 0 Å². The highest BCUT2D eigenvalue weighted by atomic mass is 19.1.